The van der Waals surface area contributed by atoms with Gasteiger partial charge < -0.3 is 24.1 Å². The number of rotatable bonds is 11. The summed E-state index contributed by atoms with van der Waals surface area (Å²) in [5.74, 6) is -0.807. The van der Waals surface area contributed by atoms with Crippen molar-refractivity contribution >= 4 is 42.2 Å². The van der Waals surface area contributed by atoms with Crippen LogP contribution in [0.2, 0.25) is 5.04 Å². The lowest BCUT2D eigenvalue weighted by molar-refractivity contribution is -0.147. The van der Waals surface area contributed by atoms with Gasteiger partial charge in [-0.3, -0.25) is 14.4 Å². The van der Waals surface area contributed by atoms with Gasteiger partial charge in [0.1, 0.15) is 11.8 Å². The third-order valence-electron chi connectivity index (χ3n) is 7.78. The molecule has 0 unspecified atom stereocenters. The maximum atomic E-state index is 13.4. The van der Waals surface area contributed by atoms with E-state index in [-0.39, 0.29) is 22.9 Å². The first-order chi connectivity index (χ1) is 20.0. The van der Waals surface area contributed by atoms with Gasteiger partial charge in [0.05, 0.1) is 13.2 Å². The zero-order valence-corrected chi connectivity index (χ0v) is 26.1. The Morgan fingerprint density at radius 2 is 1.48 bits per heavy atom. The molecule has 0 bridgehead atoms. The molecule has 2 amide bonds. The average Bonchev–Trinajstić information content (AvgIpc) is 2.98. The van der Waals surface area contributed by atoms with Gasteiger partial charge in [-0.1, -0.05) is 88.4 Å². The fourth-order valence-electron chi connectivity index (χ4n) is 5.78. The van der Waals surface area contributed by atoms with Crippen LogP contribution in [-0.2, 0) is 23.5 Å². The van der Waals surface area contributed by atoms with Crippen molar-refractivity contribution in [3.8, 4) is 5.75 Å². The monoisotopic (exact) mass is 588 g/mol. The van der Waals surface area contributed by atoms with Gasteiger partial charge in [-0.15, -0.1) is 0 Å². The van der Waals surface area contributed by atoms with Gasteiger partial charge in [0, 0.05) is 25.1 Å². The smallest absolute Gasteiger partial charge is 0.303 e. The van der Waals surface area contributed by atoms with Gasteiger partial charge in [0.25, 0.3) is 20.1 Å². The second-order valence-electron chi connectivity index (χ2n) is 11.7. The molecule has 1 saturated heterocycles. The Balaban J connectivity index is 1.67. The second-order valence-corrected chi connectivity index (χ2v) is 16.0. The molecule has 1 aliphatic rings. The molecule has 3 aromatic carbocycles. The number of nitrogens with one attached hydrogen (secondary N) is 1. The summed E-state index contributed by atoms with van der Waals surface area (Å²) in [6.45, 7) is 9.85. The highest BCUT2D eigenvalue weighted by Gasteiger charge is 2.54. The zero-order chi connectivity index (χ0) is 30.5. The molecule has 1 heterocycles. The number of hydrogen-bond acceptors (Lipinski definition) is 6. The first-order valence-corrected chi connectivity index (χ1v) is 16.0. The molecule has 0 radical (unpaired) electrons. The van der Waals surface area contributed by atoms with Crippen molar-refractivity contribution < 1.29 is 28.3 Å². The first-order valence-electron chi connectivity index (χ1n) is 14.1. The Bertz CT molecular complexity index is 1340. The standard InChI is InChI=1S/C33H40N2O6Si/c1-23(21-41-42(33(3,4)5,27-13-9-7-10-14-27)28-15-11-8-12-16-28)31-30(34-29(37)22-40-24(2)36)32(38)35(31)25-17-19-26(39-6)20-18-25/h7-20,23,30-31H,21-22H2,1-6H3,(H,34,37)/t23-,30+,31-/m1/s1. The van der Waals surface area contributed by atoms with Crippen molar-refractivity contribution in [1.29, 1.82) is 0 Å². The molecule has 42 heavy (non-hydrogen) atoms. The van der Waals surface area contributed by atoms with Gasteiger partial charge in [0.2, 0.25) is 0 Å². The summed E-state index contributed by atoms with van der Waals surface area (Å²) in [7, 11) is -1.23. The number of benzene rings is 3. The number of β-lactam (4-membered cyclic amide) rings is 1. The number of ether oxygens (including phenoxy) is 2. The minimum atomic E-state index is -2.82. The third kappa shape index (κ3) is 6.27. The number of esters is 1. The van der Waals surface area contributed by atoms with Gasteiger partial charge in [-0.2, -0.15) is 0 Å². The summed E-state index contributed by atoms with van der Waals surface area (Å²) in [4.78, 5) is 39.0. The highest BCUT2D eigenvalue weighted by Crippen LogP contribution is 2.39. The van der Waals surface area contributed by atoms with E-state index in [1.165, 1.54) is 17.3 Å². The maximum absolute atomic E-state index is 13.4. The number of nitrogens with zero attached hydrogens (tertiary/aromatic N) is 1. The summed E-state index contributed by atoms with van der Waals surface area (Å²) in [6, 6.07) is 26.9. The molecule has 4 rings (SSSR count). The van der Waals surface area contributed by atoms with Crippen LogP contribution in [0.3, 0.4) is 0 Å². The van der Waals surface area contributed by atoms with Crippen LogP contribution in [0.5, 0.6) is 5.75 Å². The Kier molecular flexibility index (Phi) is 9.53. The minimum Gasteiger partial charge on any atom is -0.497 e. The highest BCUT2D eigenvalue weighted by molar-refractivity contribution is 6.99. The molecule has 9 heteroatoms. The Morgan fingerprint density at radius 1 is 0.929 bits per heavy atom. The van der Waals surface area contributed by atoms with Gasteiger partial charge in [0.15, 0.2) is 6.61 Å². The lowest BCUT2D eigenvalue weighted by Gasteiger charge is -2.51. The molecule has 0 spiro atoms. The van der Waals surface area contributed by atoms with Crippen molar-refractivity contribution in [2.24, 2.45) is 5.92 Å². The predicted molar refractivity (Wildman–Crippen MR) is 166 cm³/mol. The number of methoxy groups -OCH3 is 1. The normalized spacial score (nSPS) is 17.7. The molecule has 222 valence electrons. The van der Waals surface area contributed by atoms with E-state index in [1.807, 2.05) is 55.5 Å². The summed E-state index contributed by atoms with van der Waals surface area (Å²) in [6.07, 6.45) is 0. The number of amides is 2. The van der Waals surface area contributed by atoms with E-state index in [0.29, 0.717) is 18.0 Å². The molecular weight excluding hydrogens is 548 g/mol. The van der Waals surface area contributed by atoms with E-state index in [0.717, 1.165) is 0 Å². The molecule has 3 aromatic rings. The van der Waals surface area contributed by atoms with E-state index < -0.39 is 32.8 Å². The van der Waals surface area contributed by atoms with Crippen LogP contribution >= 0.6 is 0 Å². The van der Waals surface area contributed by atoms with Crippen LogP contribution in [0.4, 0.5) is 5.69 Å². The van der Waals surface area contributed by atoms with Gasteiger partial charge in [-0.25, -0.2) is 0 Å². The number of carbonyl (C=O) groups is 3. The maximum Gasteiger partial charge on any atom is 0.303 e. The Morgan fingerprint density at radius 3 is 1.95 bits per heavy atom. The van der Waals surface area contributed by atoms with E-state index in [9.17, 15) is 14.4 Å². The zero-order valence-electron chi connectivity index (χ0n) is 25.1. The van der Waals surface area contributed by atoms with Crippen LogP contribution < -0.4 is 25.3 Å². The van der Waals surface area contributed by atoms with Crippen molar-refractivity contribution in [3.63, 3.8) is 0 Å². The van der Waals surface area contributed by atoms with E-state index in [4.69, 9.17) is 13.9 Å². The number of anilines is 1. The SMILES string of the molecule is COc1ccc(N2C(=O)[C@@H](NC(=O)COC(C)=O)[C@H]2[C@H](C)CO[Si](c2ccccc2)(c2ccccc2)C(C)(C)C)cc1. The molecule has 0 saturated carbocycles. The lowest BCUT2D eigenvalue weighted by Crippen LogP contribution is -2.74. The third-order valence-corrected chi connectivity index (χ3v) is 12.8. The van der Waals surface area contributed by atoms with Gasteiger partial charge >= 0.3 is 5.97 Å². The molecule has 1 N–H and O–H groups in total. The molecule has 1 aliphatic heterocycles. The highest BCUT2D eigenvalue weighted by atomic mass is 28.4. The topological polar surface area (TPSA) is 94.2 Å². The lowest BCUT2D eigenvalue weighted by atomic mass is 9.84. The quantitative estimate of drug-likeness (QED) is 0.209. The van der Waals surface area contributed by atoms with E-state index in [1.54, 1.807) is 24.1 Å². The second kappa shape index (κ2) is 12.9. The number of carbonyl (C=O) groups excluding carboxylic acids is 3. The summed E-state index contributed by atoms with van der Waals surface area (Å²) in [5, 5.41) is 4.91. The summed E-state index contributed by atoms with van der Waals surface area (Å²) in [5.41, 5.74) is 0.702. The molecule has 1 fully saturated rings. The fraction of sp³-hybridized carbons (Fsp3) is 0.364. The Labute approximate surface area is 249 Å². The molecule has 3 atom stereocenters. The van der Waals surface area contributed by atoms with E-state index in [2.05, 4.69) is 50.4 Å². The van der Waals surface area contributed by atoms with Crippen LogP contribution in [-0.4, -0.2) is 58.5 Å². The van der Waals surface area contributed by atoms with E-state index >= 15 is 0 Å². The first kappa shape index (κ1) is 31.0. The molecule has 8 nitrogen and oxygen atoms in total. The molecule has 0 aromatic heterocycles. The average molecular weight is 589 g/mol. The number of hydrogen-bond donors (Lipinski definition) is 1. The fourth-order valence-corrected chi connectivity index (χ4v) is 10.4. The summed E-state index contributed by atoms with van der Waals surface area (Å²) >= 11 is 0. The largest absolute Gasteiger partial charge is 0.497 e. The van der Waals surface area contributed by atoms with Crippen molar-refractivity contribution in [3.05, 3.63) is 84.9 Å². The van der Waals surface area contributed by atoms with Crippen molar-refractivity contribution in [2.45, 2.75) is 51.7 Å². The molecular formula is C33H40N2O6Si. The minimum absolute atomic E-state index is 0.162. The van der Waals surface area contributed by atoms with Crippen LogP contribution in [0.15, 0.2) is 84.9 Å². The Hall–Kier alpha value is -3.95. The predicted octanol–water partition coefficient (Wildman–Crippen LogP) is 3.67. The van der Waals surface area contributed by atoms with Crippen LogP contribution in [0, 0.1) is 5.92 Å². The van der Waals surface area contributed by atoms with Crippen LogP contribution in [0.1, 0.15) is 34.6 Å². The van der Waals surface area contributed by atoms with Crippen molar-refractivity contribution in [2.75, 3.05) is 25.2 Å². The molecule has 0 aliphatic carbocycles. The van der Waals surface area contributed by atoms with Crippen LogP contribution in [0.25, 0.3) is 0 Å². The van der Waals surface area contributed by atoms with Gasteiger partial charge in [-0.05, 0) is 39.7 Å². The summed E-state index contributed by atoms with van der Waals surface area (Å²) < 4.78 is 17.3. The van der Waals surface area contributed by atoms with Crippen molar-refractivity contribution in [1.82, 2.24) is 5.32 Å².